The van der Waals surface area contributed by atoms with Gasteiger partial charge in [-0.05, 0) is 24.9 Å². The Balaban J connectivity index is 2.80. The van der Waals surface area contributed by atoms with Crippen LogP contribution in [0.1, 0.15) is 33.1 Å². The summed E-state index contributed by atoms with van der Waals surface area (Å²) in [7, 11) is 0. The van der Waals surface area contributed by atoms with E-state index < -0.39 is 0 Å². The molecule has 1 fully saturated rings. The van der Waals surface area contributed by atoms with Crippen LogP contribution >= 0.6 is 11.8 Å². The molecule has 0 aromatic rings. The van der Waals surface area contributed by atoms with Crippen LogP contribution < -0.4 is 5.32 Å². The van der Waals surface area contributed by atoms with Crippen molar-refractivity contribution >= 4 is 23.6 Å². The Morgan fingerprint density at radius 2 is 2.24 bits per heavy atom. The smallest absolute Gasteiger partial charge is 0.242 e. The molecule has 1 N–H and O–H groups in total. The number of nitrogens with one attached hydrogen (secondary N) is 1. The Bertz CT molecular complexity index is 284. The third kappa shape index (κ3) is 3.37. The second-order valence-electron chi connectivity index (χ2n) is 4.26. The Morgan fingerprint density at radius 1 is 1.53 bits per heavy atom. The molecule has 1 heterocycles. The summed E-state index contributed by atoms with van der Waals surface area (Å²) in [6, 6.07) is -0.111. The first-order chi connectivity index (χ1) is 8.15. The lowest BCUT2D eigenvalue weighted by Gasteiger charge is -2.41. The van der Waals surface area contributed by atoms with Crippen LogP contribution in [-0.4, -0.2) is 47.4 Å². The van der Waals surface area contributed by atoms with Gasteiger partial charge in [-0.25, -0.2) is 0 Å². The van der Waals surface area contributed by atoms with Crippen LogP contribution in [0.5, 0.6) is 0 Å². The average molecular weight is 258 g/mol. The lowest BCUT2D eigenvalue weighted by Crippen LogP contribution is -2.62. The van der Waals surface area contributed by atoms with Crippen molar-refractivity contribution in [1.29, 1.82) is 0 Å². The van der Waals surface area contributed by atoms with Crippen molar-refractivity contribution in [2.45, 2.75) is 45.2 Å². The summed E-state index contributed by atoms with van der Waals surface area (Å²) in [6.07, 6.45) is 4.17. The first-order valence-electron chi connectivity index (χ1n) is 6.23. The maximum atomic E-state index is 12.0. The minimum atomic E-state index is -0.275. The molecule has 2 unspecified atom stereocenters. The van der Waals surface area contributed by atoms with Gasteiger partial charge in [0.1, 0.15) is 6.04 Å². The van der Waals surface area contributed by atoms with Crippen molar-refractivity contribution in [3.63, 3.8) is 0 Å². The van der Waals surface area contributed by atoms with Gasteiger partial charge < -0.3 is 10.2 Å². The fourth-order valence-electron chi connectivity index (χ4n) is 2.25. The van der Waals surface area contributed by atoms with E-state index >= 15 is 0 Å². The fraction of sp³-hybridized carbons (Fsp3) is 0.833. The molecular formula is C12H22N2O2S. The minimum absolute atomic E-state index is 0.00491. The predicted molar refractivity (Wildman–Crippen MR) is 71.0 cm³/mol. The highest BCUT2D eigenvalue weighted by Gasteiger charge is 2.36. The van der Waals surface area contributed by atoms with Crippen LogP contribution in [0.15, 0.2) is 0 Å². The predicted octanol–water partition coefficient (Wildman–Crippen LogP) is 1.26. The molecule has 98 valence electrons. The van der Waals surface area contributed by atoms with Gasteiger partial charge in [-0.15, -0.1) is 0 Å². The zero-order valence-electron chi connectivity index (χ0n) is 10.9. The number of carbonyl (C=O) groups is 2. The van der Waals surface area contributed by atoms with Crippen LogP contribution in [0.25, 0.3) is 0 Å². The second kappa shape index (κ2) is 6.89. The van der Waals surface area contributed by atoms with Crippen molar-refractivity contribution in [2.24, 2.45) is 0 Å². The highest BCUT2D eigenvalue weighted by molar-refractivity contribution is 7.98. The summed E-state index contributed by atoms with van der Waals surface area (Å²) in [5.74, 6) is 1.11. The summed E-state index contributed by atoms with van der Waals surface area (Å²) in [4.78, 5) is 25.6. The lowest BCUT2D eigenvalue weighted by molar-refractivity contribution is -0.146. The van der Waals surface area contributed by atoms with Crippen molar-refractivity contribution in [3.05, 3.63) is 0 Å². The molecule has 5 heteroatoms. The molecule has 0 aromatic heterocycles. The van der Waals surface area contributed by atoms with Gasteiger partial charge in [0.25, 0.3) is 0 Å². The third-order valence-electron chi connectivity index (χ3n) is 3.18. The maximum absolute atomic E-state index is 12.0. The number of carbonyl (C=O) groups excluding carboxylic acids is 2. The number of amides is 2. The monoisotopic (exact) mass is 258 g/mol. The zero-order valence-corrected chi connectivity index (χ0v) is 11.7. The van der Waals surface area contributed by atoms with E-state index in [1.165, 1.54) is 0 Å². The van der Waals surface area contributed by atoms with E-state index in [9.17, 15) is 9.59 Å². The van der Waals surface area contributed by atoms with E-state index in [0.717, 1.165) is 12.2 Å². The van der Waals surface area contributed by atoms with Crippen LogP contribution in [0.4, 0.5) is 0 Å². The van der Waals surface area contributed by atoms with E-state index in [0.29, 0.717) is 19.4 Å². The Labute approximate surface area is 108 Å². The second-order valence-corrected chi connectivity index (χ2v) is 5.24. The van der Waals surface area contributed by atoms with Gasteiger partial charge in [-0.2, -0.15) is 11.8 Å². The molecule has 1 saturated heterocycles. The van der Waals surface area contributed by atoms with Crippen LogP contribution in [0, 0.1) is 0 Å². The molecule has 0 radical (unpaired) electrons. The van der Waals surface area contributed by atoms with Gasteiger partial charge in [0, 0.05) is 13.0 Å². The number of nitrogens with zero attached hydrogens (tertiary/aromatic N) is 1. The molecule has 17 heavy (non-hydrogen) atoms. The topological polar surface area (TPSA) is 49.4 Å². The van der Waals surface area contributed by atoms with Crippen molar-refractivity contribution < 1.29 is 9.59 Å². The normalized spacial score (nSPS) is 24.6. The highest BCUT2D eigenvalue weighted by atomic mass is 32.2. The molecular weight excluding hydrogens is 236 g/mol. The number of hydrogen-bond donors (Lipinski definition) is 1. The molecule has 1 rings (SSSR count). The first-order valence-corrected chi connectivity index (χ1v) is 7.62. The number of hydrogen-bond acceptors (Lipinski definition) is 3. The highest BCUT2D eigenvalue weighted by Crippen LogP contribution is 2.19. The first kappa shape index (κ1) is 14.4. The van der Waals surface area contributed by atoms with E-state index in [4.69, 9.17) is 0 Å². The standard InChI is InChI=1S/C12H22N2O2S/c1-4-10-12(16)13-8-9(6-7-17-3)14(10)11(15)5-2/h9-10H,4-8H2,1-3H3,(H,13,16). The molecule has 0 spiro atoms. The fourth-order valence-corrected chi connectivity index (χ4v) is 2.76. The van der Waals surface area contributed by atoms with E-state index in [1.54, 1.807) is 11.8 Å². The van der Waals surface area contributed by atoms with Crippen LogP contribution in [-0.2, 0) is 9.59 Å². The Morgan fingerprint density at radius 3 is 2.76 bits per heavy atom. The molecule has 1 aliphatic heterocycles. The van der Waals surface area contributed by atoms with Gasteiger partial charge >= 0.3 is 0 Å². The maximum Gasteiger partial charge on any atom is 0.242 e. The summed E-state index contributed by atoms with van der Waals surface area (Å²) in [5.41, 5.74) is 0. The van der Waals surface area contributed by atoms with Gasteiger partial charge in [-0.3, -0.25) is 9.59 Å². The summed E-state index contributed by atoms with van der Waals surface area (Å²) >= 11 is 1.78. The quantitative estimate of drug-likeness (QED) is 0.807. The van der Waals surface area contributed by atoms with Crippen molar-refractivity contribution in [3.8, 4) is 0 Å². The molecule has 1 aliphatic rings. The van der Waals surface area contributed by atoms with Crippen LogP contribution in [0.3, 0.4) is 0 Å². The summed E-state index contributed by atoms with van der Waals surface area (Å²) in [5, 5.41) is 2.91. The molecule has 2 amide bonds. The number of thioether (sulfide) groups is 1. The third-order valence-corrected chi connectivity index (χ3v) is 3.82. The van der Waals surface area contributed by atoms with Gasteiger partial charge in [0.2, 0.25) is 11.8 Å². The Kier molecular flexibility index (Phi) is 5.82. The van der Waals surface area contributed by atoms with E-state index in [2.05, 4.69) is 11.6 Å². The molecule has 0 bridgehead atoms. The zero-order chi connectivity index (χ0) is 12.8. The van der Waals surface area contributed by atoms with E-state index in [-0.39, 0.29) is 23.9 Å². The number of rotatable bonds is 5. The minimum Gasteiger partial charge on any atom is -0.352 e. The lowest BCUT2D eigenvalue weighted by atomic mass is 10.0. The number of piperazine rings is 1. The van der Waals surface area contributed by atoms with Crippen molar-refractivity contribution in [1.82, 2.24) is 10.2 Å². The largest absolute Gasteiger partial charge is 0.352 e. The van der Waals surface area contributed by atoms with Crippen molar-refractivity contribution in [2.75, 3.05) is 18.6 Å². The molecule has 4 nitrogen and oxygen atoms in total. The molecule has 0 aromatic carbocycles. The summed E-state index contributed by atoms with van der Waals surface area (Å²) in [6.45, 7) is 4.41. The molecule has 2 atom stereocenters. The van der Waals surface area contributed by atoms with Crippen LogP contribution in [0.2, 0.25) is 0 Å². The van der Waals surface area contributed by atoms with Gasteiger partial charge in [0.05, 0.1) is 6.04 Å². The SMILES string of the molecule is CCC(=O)N1C(CCSC)CNC(=O)C1CC. The molecule has 0 saturated carbocycles. The van der Waals surface area contributed by atoms with Gasteiger partial charge in [-0.1, -0.05) is 13.8 Å². The van der Waals surface area contributed by atoms with E-state index in [1.807, 2.05) is 18.7 Å². The average Bonchev–Trinajstić information content (AvgIpc) is 2.35. The Hall–Kier alpha value is -0.710. The molecule has 0 aliphatic carbocycles. The summed E-state index contributed by atoms with van der Waals surface area (Å²) < 4.78 is 0. The van der Waals surface area contributed by atoms with Gasteiger partial charge in [0.15, 0.2) is 0 Å².